The number of nitrogens with two attached hydrogens (primary N) is 1. The van der Waals surface area contributed by atoms with Crippen LogP contribution >= 0.6 is 0 Å². The standard InChI is InChI=1S/C11H16N2O4S/c1-8(7-12)13-18(14,15)9-2-3-10-11(6-9)17-5-4-16-10/h2-3,6,8,13H,4-5,7,12H2,1H3. The molecule has 0 saturated carbocycles. The van der Waals surface area contributed by atoms with Gasteiger partial charge in [0.05, 0.1) is 4.90 Å². The summed E-state index contributed by atoms with van der Waals surface area (Å²) < 4.78 is 37.2. The summed E-state index contributed by atoms with van der Waals surface area (Å²) in [6.07, 6.45) is 0. The molecule has 1 atom stereocenters. The molecule has 1 aliphatic heterocycles. The van der Waals surface area contributed by atoms with Gasteiger partial charge in [-0.3, -0.25) is 0 Å². The lowest BCUT2D eigenvalue weighted by Gasteiger charge is -2.19. The molecule has 6 nitrogen and oxygen atoms in total. The van der Waals surface area contributed by atoms with E-state index >= 15 is 0 Å². The molecule has 1 aromatic rings. The van der Waals surface area contributed by atoms with Crippen LogP contribution in [0.4, 0.5) is 0 Å². The molecule has 0 radical (unpaired) electrons. The van der Waals surface area contributed by atoms with Gasteiger partial charge in [-0.1, -0.05) is 0 Å². The van der Waals surface area contributed by atoms with Crippen molar-refractivity contribution < 1.29 is 17.9 Å². The molecule has 0 saturated heterocycles. The molecule has 1 aliphatic rings. The van der Waals surface area contributed by atoms with Crippen molar-refractivity contribution in [2.75, 3.05) is 19.8 Å². The summed E-state index contributed by atoms with van der Waals surface area (Å²) in [5.74, 6) is 1.01. The number of rotatable bonds is 4. The van der Waals surface area contributed by atoms with Crippen molar-refractivity contribution in [3.05, 3.63) is 18.2 Å². The average Bonchev–Trinajstić information content (AvgIpc) is 2.37. The maximum atomic E-state index is 12.0. The van der Waals surface area contributed by atoms with Crippen molar-refractivity contribution in [2.24, 2.45) is 5.73 Å². The zero-order valence-corrected chi connectivity index (χ0v) is 10.9. The Morgan fingerprint density at radius 1 is 1.33 bits per heavy atom. The van der Waals surface area contributed by atoms with Crippen molar-refractivity contribution in [3.8, 4) is 11.5 Å². The molecular weight excluding hydrogens is 256 g/mol. The van der Waals surface area contributed by atoms with Gasteiger partial charge in [0.2, 0.25) is 10.0 Å². The predicted octanol–water partition coefficient (Wildman–Crippen LogP) is 0.0833. The lowest BCUT2D eigenvalue weighted by molar-refractivity contribution is 0.171. The first-order valence-corrected chi connectivity index (χ1v) is 7.13. The highest BCUT2D eigenvalue weighted by atomic mass is 32.2. The molecule has 0 fully saturated rings. The van der Waals surface area contributed by atoms with Crippen LogP contribution < -0.4 is 19.9 Å². The van der Waals surface area contributed by atoms with E-state index in [1.165, 1.54) is 12.1 Å². The predicted molar refractivity (Wildman–Crippen MR) is 66.3 cm³/mol. The average molecular weight is 272 g/mol. The summed E-state index contributed by atoms with van der Waals surface area (Å²) in [5.41, 5.74) is 5.40. The summed E-state index contributed by atoms with van der Waals surface area (Å²) in [6, 6.07) is 4.22. The van der Waals surface area contributed by atoms with Gasteiger partial charge in [-0.2, -0.15) is 0 Å². The van der Waals surface area contributed by atoms with E-state index in [2.05, 4.69) is 4.72 Å². The second kappa shape index (κ2) is 5.13. The quantitative estimate of drug-likeness (QED) is 0.810. The molecule has 1 aromatic carbocycles. The molecule has 0 bridgehead atoms. The number of fused-ring (bicyclic) bond motifs is 1. The normalized spacial score (nSPS) is 16.3. The van der Waals surface area contributed by atoms with Crippen molar-refractivity contribution >= 4 is 10.0 Å². The Balaban J connectivity index is 2.28. The summed E-state index contributed by atoms with van der Waals surface area (Å²) in [7, 11) is -3.57. The van der Waals surface area contributed by atoms with Crippen LogP contribution in [0.5, 0.6) is 11.5 Å². The highest BCUT2D eigenvalue weighted by molar-refractivity contribution is 7.89. The Bertz CT molecular complexity index is 530. The van der Waals surface area contributed by atoms with E-state index in [-0.39, 0.29) is 17.5 Å². The van der Waals surface area contributed by atoms with Gasteiger partial charge in [-0.15, -0.1) is 0 Å². The fourth-order valence-electron chi connectivity index (χ4n) is 1.57. The van der Waals surface area contributed by atoms with Crippen LogP contribution in [-0.2, 0) is 10.0 Å². The van der Waals surface area contributed by atoms with E-state index in [0.717, 1.165) is 0 Å². The highest BCUT2D eigenvalue weighted by Crippen LogP contribution is 2.32. The molecule has 1 unspecified atom stereocenters. The molecular formula is C11H16N2O4S. The van der Waals surface area contributed by atoms with Crippen LogP contribution in [0.3, 0.4) is 0 Å². The van der Waals surface area contributed by atoms with Crippen LogP contribution in [0, 0.1) is 0 Å². The van der Waals surface area contributed by atoms with Gasteiger partial charge in [-0.25, -0.2) is 13.1 Å². The topological polar surface area (TPSA) is 90.7 Å². The second-order valence-corrected chi connectivity index (χ2v) is 5.78. The Labute approximate surface area is 106 Å². The summed E-state index contributed by atoms with van der Waals surface area (Å²) in [6.45, 7) is 2.84. The molecule has 18 heavy (non-hydrogen) atoms. The summed E-state index contributed by atoms with van der Waals surface area (Å²) >= 11 is 0. The van der Waals surface area contributed by atoms with Crippen LogP contribution in [0.25, 0.3) is 0 Å². The van der Waals surface area contributed by atoms with E-state index in [9.17, 15) is 8.42 Å². The molecule has 100 valence electrons. The molecule has 1 heterocycles. The van der Waals surface area contributed by atoms with Crippen LogP contribution in [0.15, 0.2) is 23.1 Å². The van der Waals surface area contributed by atoms with Gasteiger partial charge < -0.3 is 15.2 Å². The molecule has 2 rings (SSSR count). The van der Waals surface area contributed by atoms with Crippen molar-refractivity contribution in [3.63, 3.8) is 0 Å². The van der Waals surface area contributed by atoms with Crippen molar-refractivity contribution in [2.45, 2.75) is 17.9 Å². The Hall–Kier alpha value is -1.31. The number of ether oxygens (including phenoxy) is 2. The molecule has 0 aromatic heterocycles. The van der Waals surface area contributed by atoms with Gasteiger partial charge in [0.1, 0.15) is 13.2 Å². The van der Waals surface area contributed by atoms with Crippen LogP contribution in [-0.4, -0.2) is 34.2 Å². The van der Waals surface area contributed by atoms with Crippen molar-refractivity contribution in [1.82, 2.24) is 4.72 Å². The van der Waals surface area contributed by atoms with Gasteiger partial charge in [0.25, 0.3) is 0 Å². The van der Waals surface area contributed by atoms with Gasteiger partial charge in [-0.05, 0) is 19.1 Å². The number of sulfonamides is 1. The molecule has 7 heteroatoms. The largest absolute Gasteiger partial charge is 0.486 e. The van der Waals surface area contributed by atoms with E-state index < -0.39 is 10.0 Å². The number of benzene rings is 1. The third-order valence-corrected chi connectivity index (χ3v) is 4.12. The first-order valence-electron chi connectivity index (χ1n) is 5.65. The SMILES string of the molecule is CC(CN)NS(=O)(=O)c1ccc2c(c1)OCCO2. The minimum atomic E-state index is -3.57. The fraction of sp³-hybridized carbons (Fsp3) is 0.455. The smallest absolute Gasteiger partial charge is 0.240 e. The second-order valence-electron chi connectivity index (χ2n) is 4.06. The zero-order chi connectivity index (χ0) is 13.2. The van der Waals surface area contributed by atoms with Crippen LogP contribution in [0.2, 0.25) is 0 Å². The Kier molecular flexibility index (Phi) is 3.74. The fourth-order valence-corrected chi connectivity index (χ4v) is 2.84. The number of hydrogen-bond donors (Lipinski definition) is 2. The summed E-state index contributed by atoms with van der Waals surface area (Å²) in [5, 5.41) is 0. The highest BCUT2D eigenvalue weighted by Gasteiger charge is 2.20. The van der Waals surface area contributed by atoms with Crippen molar-refractivity contribution in [1.29, 1.82) is 0 Å². The molecule has 0 spiro atoms. The minimum Gasteiger partial charge on any atom is -0.486 e. The third kappa shape index (κ3) is 2.74. The molecule has 0 aliphatic carbocycles. The van der Waals surface area contributed by atoms with E-state index in [1.54, 1.807) is 13.0 Å². The Morgan fingerprint density at radius 3 is 2.67 bits per heavy atom. The van der Waals surface area contributed by atoms with Gasteiger partial charge in [0.15, 0.2) is 11.5 Å². The lowest BCUT2D eigenvalue weighted by Crippen LogP contribution is -2.37. The maximum Gasteiger partial charge on any atom is 0.240 e. The number of hydrogen-bond acceptors (Lipinski definition) is 5. The lowest BCUT2D eigenvalue weighted by atomic mass is 10.3. The summed E-state index contributed by atoms with van der Waals surface area (Å²) in [4.78, 5) is 0.145. The minimum absolute atomic E-state index is 0.145. The molecule has 0 amide bonds. The third-order valence-electron chi connectivity index (χ3n) is 2.53. The van der Waals surface area contributed by atoms with E-state index in [1.807, 2.05) is 0 Å². The van der Waals surface area contributed by atoms with Gasteiger partial charge in [0, 0.05) is 18.7 Å². The van der Waals surface area contributed by atoms with E-state index in [4.69, 9.17) is 15.2 Å². The van der Waals surface area contributed by atoms with Gasteiger partial charge >= 0.3 is 0 Å². The zero-order valence-electron chi connectivity index (χ0n) is 10.0. The Morgan fingerprint density at radius 2 is 2.00 bits per heavy atom. The monoisotopic (exact) mass is 272 g/mol. The maximum absolute atomic E-state index is 12.0. The van der Waals surface area contributed by atoms with Crippen LogP contribution in [0.1, 0.15) is 6.92 Å². The number of nitrogens with one attached hydrogen (secondary N) is 1. The first-order chi connectivity index (χ1) is 8.53. The van der Waals surface area contributed by atoms with E-state index in [0.29, 0.717) is 24.7 Å². The molecule has 3 N–H and O–H groups in total. The first kappa shape index (κ1) is 13.1.